The van der Waals surface area contributed by atoms with Crippen molar-refractivity contribution in [2.75, 3.05) is 6.61 Å². The van der Waals surface area contributed by atoms with Crippen molar-refractivity contribution < 1.29 is 20.1 Å². The van der Waals surface area contributed by atoms with Gasteiger partial charge >= 0.3 is 0 Å². The fraction of sp³-hybridized carbons (Fsp3) is 0.312. The van der Waals surface area contributed by atoms with Gasteiger partial charge < -0.3 is 25.0 Å². The van der Waals surface area contributed by atoms with E-state index in [1.807, 2.05) is 30.3 Å². The Morgan fingerprint density at radius 1 is 1.08 bits per heavy atom. The molecule has 1 aliphatic heterocycles. The number of hydrogen-bond donors (Lipinski definition) is 4. The lowest BCUT2D eigenvalue weighted by Gasteiger charge is -2.14. The van der Waals surface area contributed by atoms with Gasteiger partial charge in [0.05, 0.1) is 18.6 Å². The summed E-state index contributed by atoms with van der Waals surface area (Å²) in [4.78, 5) is 16.0. The second-order valence-corrected chi connectivity index (χ2v) is 5.66. The molecule has 1 fully saturated rings. The first-order valence-corrected chi connectivity index (χ1v) is 7.58. The summed E-state index contributed by atoms with van der Waals surface area (Å²) in [5.41, 5.74) is 2.61. The Bertz CT molecular complexity index is 854. The molecule has 0 spiro atoms. The van der Waals surface area contributed by atoms with Crippen LogP contribution >= 0.6 is 0 Å². The average Bonchev–Trinajstić information content (AvgIpc) is 3.20. The van der Waals surface area contributed by atoms with E-state index >= 15 is 0 Å². The Labute approximate surface area is 136 Å². The van der Waals surface area contributed by atoms with Crippen LogP contribution in [0.2, 0.25) is 0 Å². The minimum Gasteiger partial charge on any atom is -0.394 e. The van der Waals surface area contributed by atoms with Crippen LogP contribution in [-0.2, 0) is 4.74 Å². The maximum atomic E-state index is 10.2. The van der Waals surface area contributed by atoms with Crippen LogP contribution in [-0.4, -0.2) is 60.2 Å². The van der Waals surface area contributed by atoms with Gasteiger partial charge in [-0.1, -0.05) is 30.3 Å². The molecule has 1 saturated heterocycles. The standard InChI is InChI=1S/C16H16N4O4/c21-6-9-12(22)13(23)14(24-9)16-19-10(8-4-2-1-3-5-8)11-15(20-16)18-7-17-11/h1-5,7,9,12-14,21-23H,6H2,(H,17,18,19,20)/t9-,12-,13-,14-/m1/s1. The minimum absolute atomic E-state index is 0.218. The summed E-state index contributed by atoms with van der Waals surface area (Å²) >= 11 is 0. The summed E-state index contributed by atoms with van der Waals surface area (Å²) in [5.74, 6) is 0.218. The highest BCUT2D eigenvalue weighted by Gasteiger charge is 2.44. The molecule has 0 aliphatic carbocycles. The number of nitrogens with zero attached hydrogens (tertiary/aromatic N) is 3. The molecule has 4 rings (SSSR count). The van der Waals surface area contributed by atoms with Gasteiger partial charge in [-0.15, -0.1) is 0 Å². The van der Waals surface area contributed by atoms with Crippen molar-refractivity contribution in [3.8, 4) is 11.3 Å². The second kappa shape index (κ2) is 5.91. The normalized spacial score (nSPS) is 27.0. The topological polar surface area (TPSA) is 124 Å². The first-order valence-electron chi connectivity index (χ1n) is 7.58. The van der Waals surface area contributed by atoms with Gasteiger partial charge in [0.2, 0.25) is 0 Å². The predicted molar refractivity (Wildman–Crippen MR) is 83.8 cm³/mol. The summed E-state index contributed by atoms with van der Waals surface area (Å²) in [6, 6.07) is 9.51. The maximum Gasteiger partial charge on any atom is 0.181 e. The Morgan fingerprint density at radius 3 is 2.58 bits per heavy atom. The summed E-state index contributed by atoms with van der Waals surface area (Å²) in [5, 5.41) is 29.4. The molecule has 3 aromatic rings. The van der Waals surface area contributed by atoms with E-state index in [0.717, 1.165) is 5.56 Å². The molecule has 4 atom stereocenters. The number of aromatic amines is 1. The zero-order valence-corrected chi connectivity index (χ0v) is 12.6. The number of aliphatic hydroxyl groups excluding tert-OH is 3. The van der Waals surface area contributed by atoms with E-state index in [2.05, 4.69) is 19.9 Å². The number of aliphatic hydroxyl groups is 3. The van der Waals surface area contributed by atoms with Crippen LogP contribution in [0, 0.1) is 0 Å². The molecular formula is C16H16N4O4. The highest BCUT2D eigenvalue weighted by atomic mass is 16.6. The number of ether oxygens (including phenoxy) is 1. The van der Waals surface area contributed by atoms with Crippen LogP contribution in [0.4, 0.5) is 0 Å². The first-order chi connectivity index (χ1) is 11.7. The van der Waals surface area contributed by atoms with Crippen LogP contribution in [0.1, 0.15) is 11.9 Å². The van der Waals surface area contributed by atoms with Crippen molar-refractivity contribution >= 4 is 11.2 Å². The van der Waals surface area contributed by atoms with Crippen molar-refractivity contribution in [3.05, 3.63) is 42.5 Å². The van der Waals surface area contributed by atoms with Crippen molar-refractivity contribution in [2.24, 2.45) is 0 Å². The molecule has 0 unspecified atom stereocenters. The van der Waals surface area contributed by atoms with Gasteiger partial charge in [0, 0.05) is 5.56 Å². The molecule has 0 bridgehead atoms. The van der Waals surface area contributed by atoms with Gasteiger partial charge in [-0.2, -0.15) is 0 Å². The lowest BCUT2D eigenvalue weighted by molar-refractivity contribution is -0.0251. The smallest absolute Gasteiger partial charge is 0.181 e. The highest BCUT2D eigenvalue weighted by molar-refractivity contribution is 5.86. The van der Waals surface area contributed by atoms with Crippen LogP contribution in [0.25, 0.3) is 22.4 Å². The quantitative estimate of drug-likeness (QED) is 0.540. The minimum atomic E-state index is -1.22. The van der Waals surface area contributed by atoms with E-state index in [4.69, 9.17) is 4.74 Å². The molecule has 4 N–H and O–H groups in total. The van der Waals surface area contributed by atoms with Crippen molar-refractivity contribution in [2.45, 2.75) is 24.4 Å². The molecule has 0 amide bonds. The Balaban J connectivity index is 1.83. The van der Waals surface area contributed by atoms with Crippen LogP contribution in [0.5, 0.6) is 0 Å². The molecule has 8 heteroatoms. The Morgan fingerprint density at radius 2 is 1.88 bits per heavy atom. The van der Waals surface area contributed by atoms with Crippen LogP contribution in [0.15, 0.2) is 36.7 Å². The van der Waals surface area contributed by atoms with E-state index < -0.39 is 31.0 Å². The molecule has 124 valence electrons. The van der Waals surface area contributed by atoms with Gasteiger partial charge in [0.1, 0.15) is 29.9 Å². The summed E-state index contributed by atoms with van der Waals surface area (Å²) in [7, 11) is 0. The maximum absolute atomic E-state index is 10.2. The number of nitrogens with one attached hydrogen (secondary N) is 1. The fourth-order valence-corrected chi connectivity index (χ4v) is 2.90. The molecule has 0 saturated carbocycles. The van der Waals surface area contributed by atoms with Crippen molar-refractivity contribution in [1.82, 2.24) is 19.9 Å². The largest absolute Gasteiger partial charge is 0.394 e. The third-order valence-corrected chi connectivity index (χ3v) is 4.15. The van der Waals surface area contributed by atoms with Gasteiger partial charge in [-0.3, -0.25) is 0 Å². The number of fused-ring (bicyclic) bond motifs is 1. The van der Waals surface area contributed by atoms with E-state index in [1.165, 1.54) is 6.33 Å². The van der Waals surface area contributed by atoms with E-state index in [-0.39, 0.29) is 5.82 Å². The van der Waals surface area contributed by atoms with Gasteiger partial charge in [-0.05, 0) is 0 Å². The van der Waals surface area contributed by atoms with E-state index in [0.29, 0.717) is 16.9 Å². The van der Waals surface area contributed by atoms with Crippen molar-refractivity contribution in [3.63, 3.8) is 0 Å². The van der Waals surface area contributed by atoms with E-state index in [9.17, 15) is 15.3 Å². The summed E-state index contributed by atoms with van der Waals surface area (Å²) in [6.45, 7) is -0.398. The molecule has 2 aromatic heterocycles. The third-order valence-electron chi connectivity index (χ3n) is 4.15. The fourth-order valence-electron chi connectivity index (χ4n) is 2.90. The third kappa shape index (κ3) is 2.36. The average molecular weight is 328 g/mol. The molecule has 8 nitrogen and oxygen atoms in total. The SMILES string of the molecule is OC[C@H]1O[C@@H](c2nc(-c3ccccc3)c3[nH]cnc3n2)[C@H](O)[C@@H]1O. The Kier molecular flexibility index (Phi) is 3.73. The zero-order chi connectivity index (χ0) is 16.7. The van der Waals surface area contributed by atoms with Gasteiger partial charge in [0.25, 0.3) is 0 Å². The summed E-state index contributed by atoms with van der Waals surface area (Å²) < 4.78 is 5.52. The molecule has 24 heavy (non-hydrogen) atoms. The number of H-pyrrole nitrogens is 1. The number of hydrogen-bond acceptors (Lipinski definition) is 7. The first kappa shape index (κ1) is 15.2. The molecule has 1 aromatic carbocycles. The molecular weight excluding hydrogens is 312 g/mol. The lowest BCUT2D eigenvalue weighted by Crippen LogP contribution is -2.32. The number of rotatable bonds is 3. The van der Waals surface area contributed by atoms with Crippen LogP contribution in [0.3, 0.4) is 0 Å². The molecule has 0 radical (unpaired) electrons. The number of benzene rings is 1. The predicted octanol–water partition coefficient (Wildman–Crippen LogP) is 0.174. The zero-order valence-electron chi connectivity index (χ0n) is 12.6. The number of aromatic nitrogens is 4. The second-order valence-electron chi connectivity index (χ2n) is 5.66. The van der Waals surface area contributed by atoms with E-state index in [1.54, 1.807) is 0 Å². The Hall–Kier alpha value is -2.39. The molecule has 1 aliphatic rings. The van der Waals surface area contributed by atoms with Gasteiger partial charge in [0.15, 0.2) is 11.5 Å². The number of imidazole rings is 1. The highest BCUT2D eigenvalue weighted by Crippen LogP contribution is 2.34. The van der Waals surface area contributed by atoms with Crippen LogP contribution < -0.4 is 0 Å². The monoisotopic (exact) mass is 328 g/mol. The van der Waals surface area contributed by atoms with Gasteiger partial charge in [-0.25, -0.2) is 15.0 Å². The van der Waals surface area contributed by atoms with Crippen molar-refractivity contribution in [1.29, 1.82) is 0 Å². The molecule has 3 heterocycles. The lowest BCUT2D eigenvalue weighted by atomic mass is 10.1. The summed E-state index contributed by atoms with van der Waals surface area (Å²) in [6.07, 6.45) is -2.70.